The molecule has 5 nitrogen and oxygen atoms in total. The Balaban J connectivity index is 2.13. The van der Waals surface area contributed by atoms with E-state index in [1.54, 1.807) is 31.2 Å². The van der Waals surface area contributed by atoms with E-state index in [0.717, 1.165) is 4.90 Å². The van der Waals surface area contributed by atoms with Gasteiger partial charge in [0.2, 0.25) is 0 Å². The highest BCUT2D eigenvalue weighted by atomic mass is 35.5. The van der Waals surface area contributed by atoms with E-state index in [-0.39, 0.29) is 17.3 Å². The number of halogens is 2. The lowest BCUT2D eigenvalue weighted by Crippen LogP contribution is -2.44. The highest BCUT2D eigenvalue weighted by Gasteiger charge is 2.55. The first-order valence-corrected chi connectivity index (χ1v) is 8.58. The zero-order valence-corrected chi connectivity index (χ0v) is 15.5. The van der Waals surface area contributed by atoms with Crippen LogP contribution in [0.5, 0.6) is 5.75 Å². The SMILES string of the molecule is C=CCN1C(=O)N(c2ccc(Cl)c(Cl)c2)C(=O)C1(C)c1ccc(O)cc1. The smallest absolute Gasteiger partial charge is 0.332 e. The molecule has 0 saturated carbocycles. The Morgan fingerprint density at radius 3 is 2.35 bits per heavy atom. The van der Waals surface area contributed by atoms with Crippen LogP contribution in [0.1, 0.15) is 12.5 Å². The van der Waals surface area contributed by atoms with Crippen LogP contribution in [0.4, 0.5) is 10.5 Å². The summed E-state index contributed by atoms with van der Waals surface area (Å²) in [6.45, 7) is 5.53. The average Bonchev–Trinajstić information content (AvgIpc) is 2.80. The summed E-state index contributed by atoms with van der Waals surface area (Å²) in [6.07, 6.45) is 1.56. The van der Waals surface area contributed by atoms with Crippen molar-refractivity contribution in [3.8, 4) is 5.75 Å². The molecular formula is C19H16Cl2N2O3. The van der Waals surface area contributed by atoms with E-state index in [9.17, 15) is 14.7 Å². The Hall–Kier alpha value is -2.50. The van der Waals surface area contributed by atoms with Crippen LogP contribution in [0.25, 0.3) is 0 Å². The number of urea groups is 1. The van der Waals surface area contributed by atoms with E-state index in [1.807, 2.05) is 0 Å². The monoisotopic (exact) mass is 390 g/mol. The minimum atomic E-state index is -1.24. The molecule has 1 aliphatic rings. The van der Waals surface area contributed by atoms with Crippen molar-refractivity contribution in [2.24, 2.45) is 0 Å². The van der Waals surface area contributed by atoms with Gasteiger partial charge in [-0.2, -0.15) is 0 Å². The van der Waals surface area contributed by atoms with Gasteiger partial charge in [0.15, 0.2) is 0 Å². The number of imide groups is 1. The van der Waals surface area contributed by atoms with Crippen LogP contribution >= 0.6 is 23.2 Å². The molecule has 0 bridgehead atoms. The molecule has 1 fully saturated rings. The van der Waals surface area contributed by atoms with Gasteiger partial charge in [0.1, 0.15) is 11.3 Å². The van der Waals surface area contributed by atoms with Gasteiger partial charge >= 0.3 is 6.03 Å². The zero-order valence-electron chi connectivity index (χ0n) is 13.9. The lowest BCUT2D eigenvalue weighted by atomic mass is 9.90. The largest absolute Gasteiger partial charge is 0.508 e. The number of nitrogens with zero attached hydrogens (tertiary/aromatic N) is 2. The van der Waals surface area contributed by atoms with Crippen molar-refractivity contribution in [3.63, 3.8) is 0 Å². The van der Waals surface area contributed by atoms with Gasteiger partial charge in [-0.25, -0.2) is 9.69 Å². The van der Waals surface area contributed by atoms with Crippen molar-refractivity contribution in [2.75, 3.05) is 11.4 Å². The number of carbonyl (C=O) groups excluding carboxylic acids is 2. The average molecular weight is 391 g/mol. The molecule has 1 atom stereocenters. The topological polar surface area (TPSA) is 60.9 Å². The predicted octanol–water partition coefficient (Wildman–Crippen LogP) is 4.57. The molecule has 1 aliphatic heterocycles. The van der Waals surface area contributed by atoms with Crippen LogP contribution in [0.2, 0.25) is 10.0 Å². The molecule has 3 amide bonds. The summed E-state index contributed by atoms with van der Waals surface area (Å²) >= 11 is 12.0. The Labute approximate surface area is 161 Å². The summed E-state index contributed by atoms with van der Waals surface area (Å²) in [6, 6.07) is 10.3. The molecule has 26 heavy (non-hydrogen) atoms. The molecular weight excluding hydrogens is 375 g/mol. The van der Waals surface area contributed by atoms with Gasteiger partial charge in [-0.15, -0.1) is 6.58 Å². The highest BCUT2D eigenvalue weighted by Crippen LogP contribution is 2.40. The van der Waals surface area contributed by atoms with E-state index in [0.29, 0.717) is 16.3 Å². The van der Waals surface area contributed by atoms with Gasteiger partial charge in [0.05, 0.1) is 15.7 Å². The van der Waals surface area contributed by atoms with E-state index in [4.69, 9.17) is 23.2 Å². The summed E-state index contributed by atoms with van der Waals surface area (Å²) in [7, 11) is 0. The van der Waals surface area contributed by atoms with Crippen LogP contribution in [0, 0.1) is 0 Å². The van der Waals surface area contributed by atoms with Crippen molar-refractivity contribution in [2.45, 2.75) is 12.5 Å². The fourth-order valence-electron chi connectivity index (χ4n) is 3.04. The molecule has 134 valence electrons. The minimum absolute atomic E-state index is 0.0748. The molecule has 1 heterocycles. The quantitative estimate of drug-likeness (QED) is 0.614. The van der Waals surface area contributed by atoms with Gasteiger partial charge in [-0.3, -0.25) is 4.79 Å². The third-order valence-electron chi connectivity index (χ3n) is 4.48. The number of phenolic OH excluding ortho intramolecular Hbond substituents is 1. The fraction of sp³-hybridized carbons (Fsp3) is 0.158. The summed E-state index contributed by atoms with van der Waals surface area (Å²) in [5, 5.41) is 10.1. The lowest BCUT2D eigenvalue weighted by Gasteiger charge is -2.31. The van der Waals surface area contributed by atoms with Crippen LogP contribution in [0.3, 0.4) is 0 Å². The number of carbonyl (C=O) groups is 2. The van der Waals surface area contributed by atoms with E-state index in [2.05, 4.69) is 6.58 Å². The third-order valence-corrected chi connectivity index (χ3v) is 5.22. The third kappa shape index (κ3) is 2.73. The zero-order chi connectivity index (χ0) is 19.1. The fourth-order valence-corrected chi connectivity index (χ4v) is 3.33. The number of benzene rings is 2. The molecule has 1 unspecified atom stereocenters. The molecule has 0 aromatic heterocycles. The molecule has 2 aromatic carbocycles. The summed E-state index contributed by atoms with van der Waals surface area (Å²) in [4.78, 5) is 28.8. The summed E-state index contributed by atoms with van der Waals surface area (Å²) in [5.41, 5.74) is -0.325. The number of phenols is 1. The van der Waals surface area contributed by atoms with Gasteiger partial charge in [-0.1, -0.05) is 41.4 Å². The van der Waals surface area contributed by atoms with Crippen molar-refractivity contribution in [3.05, 3.63) is 70.7 Å². The Kier molecular flexibility index (Phi) is 4.69. The molecule has 7 heteroatoms. The second-order valence-electron chi connectivity index (χ2n) is 6.04. The molecule has 3 rings (SSSR count). The van der Waals surface area contributed by atoms with Gasteiger partial charge < -0.3 is 10.0 Å². The van der Waals surface area contributed by atoms with E-state index < -0.39 is 17.5 Å². The second kappa shape index (κ2) is 6.67. The van der Waals surface area contributed by atoms with E-state index in [1.165, 1.54) is 29.2 Å². The second-order valence-corrected chi connectivity index (χ2v) is 6.85. The molecule has 0 aliphatic carbocycles. The first-order valence-electron chi connectivity index (χ1n) is 7.82. The maximum atomic E-state index is 13.3. The number of rotatable bonds is 4. The van der Waals surface area contributed by atoms with Crippen LogP contribution in [0.15, 0.2) is 55.1 Å². The normalized spacial score (nSPS) is 20.0. The minimum Gasteiger partial charge on any atom is -0.508 e. The first kappa shape index (κ1) is 18.3. The number of amides is 3. The van der Waals surface area contributed by atoms with Gasteiger partial charge in [0, 0.05) is 6.54 Å². The molecule has 1 saturated heterocycles. The standard InChI is InChI=1S/C19H16Cl2N2O3/c1-3-10-22-18(26)23(13-6-9-15(20)16(21)11-13)17(25)19(22,2)12-4-7-14(24)8-5-12/h3-9,11,24H,1,10H2,2H3. The number of hydrogen-bond acceptors (Lipinski definition) is 3. The summed E-state index contributed by atoms with van der Waals surface area (Å²) < 4.78 is 0. The molecule has 0 spiro atoms. The van der Waals surface area contributed by atoms with Gasteiger partial charge in [-0.05, 0) is 42.8 Å². The predicted molar refractivity (Wildman–Crippen MR) is 102 cm³/mol. The van der Waals surface area contributed by atoms with Crippen LogP contribution < -0.4 is 4.90 Å². The lowest BCUT2D eigenvalue weighted by molar-refractivity contribution is -0.124. The van der Waals surface area contributed by atoms with Crippen LogP contribution in [-0.2, 0) is 10.3 Å². The molecule has 0 radical (unpaired) electrons. The molecule has 1 N–H and O–H groups in total. The van der Waals surface area contributed by atoms with Crippen molar-refractivity contribution < 1.29 is 14.7 Å². The number of hydrogen-bond donors (Lipinski definition) is 1. The maximum absolute atomic E-state index is 13.3. The molecule has 2 aromatic rings. The van der Waals surface area contributed by atoms with E-state index >= 15 is 0 Å². The Morgan fingerprint density at radius 2 is 1.77 bits per heavy atom. The van der Waals surface area contributed by atoms with Crippen molar-refractivity contribution in [1.29, 1.82) is 0 Å². The maximum Gasteiger partial charge on any atom is 0.332 e. The van der Waals surface area contributed by atoms with Crippen LogP contribution in [-0.4, -0.2) is 28.5 Å². The number of anilines is 1. The van der Waals surface area contributed by atoms with Crippen molar-refractivity contribution in [1.82, 2.24) is 4.90 Å². The number of aromatic hydroxyl groups is 1. The van der Waals surface area contributed by atoms with Crippen molar-refractivity contribution >= 4 is 40.8 Å². The van der Waals surface area contributed by atoms with Gasteiger partial charge in [0.25, 0.3) is 5.91 Å². The Bertz CT molecular complexity index is 898. The first-order chi connectivity index (χ1) is 12.3. The summed E-state index contributed by atoms with van der Waals surface area (Å²) in [5.74, 6) is -0.348. The Morgan fingerprint density at radius 1 is 1.12 bits per heavy atom. The highest BCUT2D eigenvalue weighted by molar-refractivity contribution is 6.42.